The van der Waals surface area contributed by atoms with Crippen LogP contribution in [0.1, 0.15) is 22.7 Å². The largest absolute Gasteiger partial charge is 0.361 e. The number of pyridine rings is 2. The number of halogens is 1. The number of hydrogen-bond acceptors (Lipinski definition) is 5. The molecular weight excluding hydrogens is 429 g/mol. The summed E-state index contributed by atoms with van der Waals surface area (Å²) in [6.45, 7) is 3.88. The van der Waals surface area contributed by atoms with Crippen LogP contribution in [0.4, 0.5) is 0 Å². The minimum Gasteiger partial charge on any atom is -0.361 e. The van der Waals surface area contributed by atoms with E-state index < -0.39 is 0 Å². The van der Waals surface area contributed by atoms with Crippen molar-refractivity contribution in [1.82, 2.24) is 25.3 Å². The molecule has 0 aliphatic heterocycles. The fourth-order valence-electron chi connectivity index (χ4n) is 3.13. The summed E-state index contributed by atoms with van der Waals surface area (Å²) < 4.78 is 6.24. The zero-order valence-electron chi connectivity index (χ0n) is 13.9. The Hall–Kier alpha value is -2.29. The lowest BCUT2D eigenvalue weighted by Gasteiger charge is -2.10. The summed E-state index contributed by atoms with van der Waals surface area (Å²) in [7, 11) is 0. The summed E-state index contributed by atoms with van der Waals surface area (Å²) in [4.78, 5) is 9.04. The molecule has 0 saturated heterocycles. The first kappa shape index (κ1) is 16.2. The molecule has 126 valence electrons. The number of aryl methyl sites for hydroxylation is 4. The molecule has 0 aromatic carbocycles. The zero-order chi connectivity index (χ0) is 17.4. The lowest BCUT2D eigenvalue weighted by molar-refractivity contribution is 0.393. The highest BCUT2D eigenvalue weighted by molar-refractivity contribution is 14.1. The number of nitrogens with one attached hydrogen (secondary N) is 1. The highest BCUT2D eigenvalue weighted by Crippen LogP contribution is 2.34. The first-order valence-electron chi connectivity index (χ1n) is 7.99. The van der Waals surface area contributed by atoms with Crippen molar-refractivity contribution in [2.75, 3.05) is 0 Å². The van der Waals surface area contributed by atoms with Crippen LogP contribution >= 0.6 is 22.6 Å². The third kappa shape index (κ3) is 2.92. The summed E-state index contributed by atoms with van der Waals surface area (Å²) >= 11 is 2.20. The molecule has 0 aliphatic carbocycles. The number of aromatic nitrogens is 5. The van der Waals surface area contributed by atoms with Crippen LogP contribution in [0.3, 0.4) is 0 Å². The number of H-pyrrole nitrogens is 1. The number of hydrogen-bond donors (Lipinski definition) is 1. The first-order valence-corrected chi connectivity index (χ1v) is 9.07. The van der Waals surface area contributed by atoms with E-state index in [2.05, 4.69) is 47.9 Å². The molecule has 7 heteroatoms. The molecule has 0 aliphatic rings. The van der Waals surface area contributed by atoms with E-state index in [0.717, 1.165) is 55.9 Å². The Morgan fingerprint density at radius 1 is 1.16 bits per heavy atom. The smallest absolute Gasteiger partial charge is 0.149 e. The SMILES string of the molecule is Cc1noc(C)c1-c1cnc2c(I)n[nH]c2c1CCc1ccccn1. The zero-order valence-corrected chi connectivity index (χ0v) is 16.0. The molecule has 4 heterocycles. The third-order valence-corrected chi connectivity index (χ3v) is 5.06. The Labute approximate surface area is 158 Å². The predicted molar refractivity (Wildman–Crippen MR) is 103 cm³/mol. The van der Waals surface area contributed by atoms with E-state index in [-0.39, 0.29) is 0 Å². The fraction of sp³-hybridized carbons (Fsp3) is 0.222. The molecule has 0 saturated carbocycles. The van der Waals surface area contributed by atoms with Crippen molar-refractivity contribution < 1.29 is 4.52 Å². The second-order valence-corrected chi connectivity index (χ2v) is 6.93. The predicted octanol–water partition coefficient (Wildman–Crippen LogP) is 4.01. The van der Waals surface area contributed by atoms with Crippen LogP contribution in [0.5, 0.6) is 0 Å². The van der Waals surface area contributed by atoms with Gasteiger partial charge in [0.2, 0.25) is 0 Å². The number of aromatic amines is 1. The van der Waals surface area contributed by atoms with Crippen molar-refractivity contribution in [2.45, 2.75) is 26.7 Å². The molecule has 0 spiro atoms. The Morgan fingerprint density at radius 3 is 2.76 bits per heavy atom. The normalized spacial score (nSPS) is 11.3. The second kappa shape index (κ2) is 6.55. The second-order valence-electron chi connectivity index (χ2n) is 5.91. The summed E-state index contributed by atoms with van der Waals surface area (Å²) in [6.07, 6.45) is 5.39. The molecular formula is C18H16IN5O. The Balaban J connectivity index is 1.85. The van der Waals surface area contributed by atoms with Gasteiger partial charge in [-0.25, -0.2) is 0 Å². The standard InChI is InChI=1S/C18H16IN5O/c1-10-15(11(2)25-24-10)14-9-21-17-16(22-23-18(17)19)13(14)7-6-12-5-3-4-8-20-12/h3-5,8-9H,6-7H2,1-2H3,(H,22,23). The van der Waals surface area contributed by atoms with Crippen molar-refractivity contribution in [2.24, 2.45) is 0 Å². The van der Waals surface area contributed by atoms with Crippen LogP contribution in [0.25, 0.3) is 22.2 Å². The number of rotatable bonds is 4. The van der Waals surface area contributed by atoms with Crippen molar-refractivity contribution in [3.05, 3.63) is 57.0 Å². The molecule has 0 amide bonds. The Morgan fingerprint density at radius 2 is 2.04 bits per heavy atom. The van der Waals surface area contributed by atoms with Crippen LogP contribution in [0.15, 0.2) is 35.1 Å². The molecule has 0 radical (unpaired) electrons. The van der Waals surface area contributed by atoms with E-state index in [4.69, 9.17) is 4.52 Å². The minimum absolute atomic E-state index is 0.798. The minimum atomic E-state index is 0.798. The van der Waals surface area contributed by atoms with Gasteiger partial charge >= 0.3 is 0 Å². The van der Waals surface area contributed by atoms with Crippen LogP contribution < -0.4 is 0 Å². The van der Waals surface area contributed by atoms with Gasteiger partial charge in [-0.2, -0.15) is 5.10 Å². The Bertz CT molecular complexity index is 1020. The van der Waals surface area contributed by atoms with Gasteiger partial charge in [-0.1, -0.05) is 11.2 Å². The maximum absolute atomic E-state index is 5.37. The van der Waals surface area contributed by atoms with E-state index in [9.17, 15) is 0 Å². The summed E-state index contributed by atoms with van der Waals surface area (Å²) in [5, 5.41) is 11.6. The van der Waals surface area contributed by atoms with Crippen LogP contribution in [0, 0.1) is 17.5 Å². The summed E-state index contributed by atoms with van der Waals surface area (Å²) in [6, 6.07) is 5.99. The topological polar surface area (TPSA) is 80.5 Å². The molecule has 6 nitrogen and oxygen atoms in total. The van der Waals surface area contributed by atoms with Crippen molar-refractivity contribution in [3.8, 4) is 11.1 Å². The van der Waals surface area contributed by atoms with Crippen LogP contribution in [-0.4, -0.2) is 25.3 Å². The van der Waals surface area contributed by atoms with Gasteiger partial charge in [-0.3, -0.25) is 15.1 Å². The highest BCUT2D eigenvalue weighted by atomic mass is 127. The highest BCUT2D eigenvalue weighted by Gasteiger charge is 2.20. The van der Waals surface area contributed by atoms with E-state index in [1.54, 1.807) is 0 Å². The molecule has 0 bridgehead atoms. The van der Waals surface area contributed by atoms with Gasteiger partial charge in [-0.05, 0) is 67.0 Å². The third-order valence-electron chi connectivity index (χ3n) is 4.31. The molecule has 0 unspecified atom stereocenters. The van der Waals surface area contributed by atoms with E-state index in [0.29, 0.717) is 0 Å². The van der Waals surface area contributed by atoms with Crippen LogP contribution in [0.2, 0.25) is 0 Å². The molecule has 25 heavy (non-hydrogen) atoms. The average molecular weight is 445 g/mol. The number of fused-ring (bicyclic) bond motifs is 1. The molecule has 4 aromatic heterocycles. The average Bonchev–Trinajstić information content (AvgIpc) is 3.16. The number of nitrogens with zero attached hydrogens (tertiary/aromatic N) is 4. The van der Waals surface area contributed by atoms with E-state index in [1.165, 1.54) is 5.56 Å². The first-order chi connectivity index (χ1) is 12.1. The lowest BCUT2D eigenvalue weighted by atomic mass is 9.95. The van der Waals surface area contributed by atoms with E-state index in [1.807, 2.05) is 44.4 Å². The maximum Gasteiger partial charge on any atom is 0.149 e. The molecule has 0 fully saturated rings. The van der Waals surface area contributed by atoms with Crippen LogP contribution in [-0.2, 0) is 12.8 Å². The van der Waals surface area contributed by atoms with Gasteiger partial charge in [0, 0.05) is 29.2 Å². The van der Waals surface area contributed by atoms with Crippen molar-refractivity contribution in [3.63, 3.8) is 0 Å². The molecule has 4 aromatic rings. The Kier molecular flexibility index (Phi) is 4.24. The summed E-state index contributed by atoms with van der Waals surface area (Å²) in [5.74, 6) is 0.798. The summed E-state index contributed by atoms with van der Waals surface area (Å²) in [5.41, 5.74) is 7.01. The monoisotopic (exact) mass is 445 g/mol. The van der Waals surface area contributed by atoms with Gasteiger partial charge in [-0.15, -0.1) is 0 Å². The van der Waals surface area contributed by atoms with Gasteiger partial charge < -0.3 is 4.52 Å². The quantitative estimate of drug-likeness (QED) is 0.480. The van der Waals surface area contributed by atoms with Gasteiger partial charge in [0.25, 0.3) is 0 Å². The molecule has 0 atom stereocenters. The van der Waals surface area contributed by atoms with Crippen molar-refractivity contribution >= 4 is 33.6 Å². The molecule has 1 N–H and O–H groups in total. The fourth-order valence-corrected chi connectivity index (χ4v) is 3.66. The molecule has 4 rings (SSSR count). The maximum atomic E-state index is 5.37. The van der Waals surface area contributed by atoms with Gasteiger partial charge in [0.1, 0.15) is 15.0 Å². The van der Waals surface area contributed by atoms with Crippen molar-refractivity contribution in [1.29, 1.82) is 0 Å². The van der Waals surface area contributed by atoms with Gasteiger partial charge in [0.15, 0.2) is 0 Å². The van der Waals surface area contributed by atoms with Gasteiger partial charge in [0.05, 0.1) is 11.2 Å². The lowest BCUT2D eigenvalue weighted by Crippen LogP contribution is -2.00. The van der Waals surface area contributed by atoms with E-state index >= 15 is 0 Å².